The van der Waals surface area contributed by atoms with Crippen LogP contribution < -0.4 is 17.1 Å². The first-order valence-corrected chi connectivity index (χ1v) is 9.77. The van der Waals surface area contributed by atoms with Gasteiger partial charge in [0.1, 0.15) is 0 Å². The first-order valence-electron chi connectivity index (χ1n) is 9.77. The summed E-state index contributed by atoms with van der Waals surface area (Å²) in [5.74, 6) is 5.98. The van der Waals surface area contributed by atoms with Crippen LogP contribution in [0.15, 0.2) is 83.8 Å². The molecule has 0 aliphatic carbocycles. The monoisotopic (exact) mass is 409 g/mol. The van der Waals surface area contributed by atoms with Gasteiger partial charge in [0.25, 0.3) is 5.56 Å². The lowest BCUT2D eigenvalue weighted by Gasteiger charge is -2.16. The second-order valence-corrected chi connectivity index (χ2v) is 7.40. The molecule has 0 unspecified atom stereocenters. The van der Waals surface area contributed by atoms with E-state index in [2.05, 4.69) is 4.98 Å². The molecule has 0 saturated carbocycles. The lowest BCUT2D eigenvalue weighted by Crippen LogP contribution is -2.25. The van der Waals surface area contributed by atoms with Crippen LogP contribution in [0.2, 0.25) is 0 Å². The van der Waals surface area contributed by atoms with E-state index in [1.54, 1.807) is 42.6 Å². The van der Waals surface area contributed by atoms with Gasteiger partial charge in [-0.05, 0) is 35.4 Å². The molecule has 7 nitrogen and oxygen atoms in total. The maximum Gasteiger partial charge on any atom is 0.266 e. The molecule has 0 bridgehead atoms. The van der Waals surface area contributed by atoms with Crippen molar-refractivity contribution in [1.82, 2.24) is 14.6 Å². The molecule has 31 heavy (non-hydrogen) atoms. The second kappa shape index (κ2) is 7.23. The van der Waals surface area contributed by atoms with Crippen molar-refractivity contribution < 1.29 is 4.79 Å². The zero-order chi connectivity index (χ0) is 21.5. The number of hydrazine groups is 1. The van der Waals surface area contributed by atoms with Crippen molar-refractivity contribution in [2.45, 2.75) is 6.54 Å². The van der Waals surface area contributed by atoms with Crippen molar-refractivity contribution in [3.05, 3.63) is 112 Å². The molecule has 2 heterocycles. The summed E-state index contributed by atoms with van der Waals surface area (Å²) in [6.45, 7) is 0.342. The van der Waals surface area contributed by atoms with E-state index in [0.29, 0.717) is 34.4 Å². The molecular formula is C24H19N5O2. The van der Waals surface area contributed by atoms with E-state index in [1.807, 2.05) is 36.4 Å². The Kier molecular flexibility index (Phi) is 4.38. The maximum atomic E-state index is 13.0. The summed E-state index contributed by atoms with van der Waals surface area (Å²) in [4.78, 5) is 30.4. The van der Waals surface area contributed by atoms with E-state index in [0.717, 1.165) is 11.1 Å². The average Bonchev–Trinajstić information content (AvgIpc) is 3.06. The van der Waals surface area contributed by atoms with Crippen LogP contribution in [0.3, 0.4) is 0 Å². The molecule has 1 aromatic heterocycles. The zero-order valence-corrected chi connectivity index (χ0v) is 16.5. The van der Waals surface area contributed by atoms with Crippen LogP contribution in [0.1, 0.15) is 27.3 Å². The third kappa shape index (κ3) is 3.17. The predicted molar refractivity (Wildman–Crippen MR) is 119 cm³/mol. The lowest BCUT2D eigenvalue weighted by molar-refractivity contribution is 0.103. The number of nitrogens with two attached hydrogens (primary N) is 2. The number of carbonyl (C=O) groups is 1. The van der Waals surface area contributed by atoms with Crippen molar-refractivity contribution >= 4 is 22.4 Å². The van der Waals surface area contributed by atoms with Gasteiger partial charge >= 0.3 is 0 Å². The van der Waals surface area contributed by atoms with Gasteiger partial charge in [-0.15, -0.1) is 0 Å². The van der Waals surface area contributed by atoms with Gasteiger partial charge in [0, 0.05) is 6.20 Å². The molecule has 3 aromatic carbocycles. The molecule has 0 amide bonds. The van der Waals surface area contributed by atoms with Gasteiger partial charge < -0.3 is 10.7 Å². The molecule has 7 heteroatoms. The number of rotatable bonds is 4. The van der Waals surface area contributed by atoms with Crippen molar-refractivity contribution in [1.29, 1.82) is 0 Å². The highest BCUT2D eigenvalue weighted by atomic mass is 16.1. The van der Waals surface area contributed by atoms with Crippen LogP contribution in [0.25, 0.3) is 22.3 Å². The average molecular weight is 409 g/mol. The van der Waals surface area contributed by atoms with Gasteiger partial charge in [-0.1, -0.05) is 48.5 Å². The Labute approximate surface area is 177 Å². The Balaban J connectivity index is 1.48. The summed E-state index contributed by atoms with van der Waals surface area (Å²) in [6, 6.07) is 21.9. The number of hydrogen-bond acceptors (Lipinski definition) is 6. The minimum Gasteiger partial charge on any atom is -0.397 e. The van der Waals surface area contributed by atoms with Gasteiger partial charge in [0.05, 0.1) is 34.4 Å². The minimum absolute atomic E-state index is 0.133. The Morgan fingerprint density at radius 1 is 1.00 bits per heavy atom. The molecule has 0 atom stereocenters. The molecule has 0 spiro atoms. The molecule has 0 fully saturated rings. The summed E-state index contributed by atoms with van der Waals surface area (Å²) in [7, 11) is 0. The number of aromatic nitrogens is 2. The van der Waals surface area contributed by atoms with Gasteiger partial charge in [-0.2, -0.15) is 0 Å². The SMILES string of the molecule is N/C(=C\N(N)Cc1ccc2c(c1)C(=O)c1nc3ccccc3c(=O)n1-2)c1ccccc1. The summed E-state index contributed by atoms with van der Waals surface area (Å²) in [5, 5.41) is 1.95. The standard InChI is InChI=1S/C24H19N5O2/c25-19(16-6-2-1-3-7-16)14-28(26)13-15-10-11-21-18(12-15)22(30)23-27-20-9-5-4-8-17(20)24(31)29(21)23/h1-12,14H,13,25-26H2/b19-14-. The summed E-state index contributed by atoms with van der Waals surface area (Å²) in [6.07, 6.45) is 1.65. The summed E-state index contributed by atoms with van der Waals surface area (Å²) in [5.41, 5.74) is 9.58. The number of para-hydroxylation sites is 1. The van der Waals surface area contributed by atoms with Gasteiger partial charge in [-0.25, -0.2) is 10.8 Å². The highest BCUT2D eigenvalue weighted by Gasteiger charge is 2.30. The zero-order valence-electron chi connectivity index (χ0n) is 16.5. The van der Waals surface area contributed by atoms with Crippen LogP contribution >= 0.6 is 0 Å². The fourth-order valence-electron chi connectivity index (χ4n) is 3.83. The molecule has 4 aromatic rings. The largest absolute Gasteiger partial charge is 0.397 e. The predicted octanol–water partition coefficient (Wildman–Crippen LogP) is 2.56. The smallest absolute Gasteiger partial charge is 0.266 e. The number of ketones is 1. The number of carbonyl (C=O) groups excluding carboxylic acids is 1. The fourth-order valence-corrected chi connectivity index (χ4v) is 3.83. The van der Waals surface area contributed by atoms with Crippen molar-refractivity contribution in [3.63, 3.8) is 0 Å². The van der Waals surface area contributed by atoms with E-state index in [-0.39, 0.29) is 17.2 Å². The molecule has 0 radical (unpaired) electrons. The van der Waals surface area contributed by atoms with E-state index in [4.69, 9.17) is 11.6 Å². The van der Waals surface area contributed by atoms with Crippen LogP contribution in [0.4, 0.5) is 0 Å². The Morgan fingerprint density at radius 3 is 2.55 bits per heavy atom. The van der Waals surface area contributed by atoms with Crippen molar-refractivity contribution in [2.75, 3.05) is 0 Å². The number of benzene rings is 3. The molecule has 0 saturated heterocycles. The first kappa shape index (κ1) is 18.8. The van der Waals surface area contributed by atoms with E-state index >= 15 is 0 Å². The molecular weight excluding hydrogens is 390 g/mol. The van der Waals surface area contributed by atoms with Crippen LogP contribution in [0, 0.1) is 0 Å². The van der Waals surface area contributed by atoms with Gasteiger partial charge in [-0.3, -0.25) is 14.2 Å². The lowest BCUT2D eigenvalue weighted by atomic mass is 10.1. The van der Waals surface area contributed by atoms with Crippen LogP contribution in [-0.4, -0.2) is 20.3 Å². The highest BCUT2D eigenvalue weighted by Crippen LogP contribution is 2.27. The van der Waals surface area contributed by atoms with Crippen LogP contribution in [0.5, 0.6) is 0 Å². The topological polar surface area (TPSA) is 107 Å². The maximum absolute atomic E-state index is 13.0. The first-order chi connectivity index (χ1) is 15.0. The summed E-state index contributed by atoms with van der Waals surface area (Å²) >= 11 is 0. The quantitative estimate of drug-likeness (QED) is 0.349. The number of fused-ring (bicyclic) bond motifs is 4. The Morgan fingerprint density at radius 2 is 1.74 bits per heavy atom. The van der Waals surface area contributed by atoms with Gasteiger partial charge in [0.2, 0.25) is 5.78 Å². The highest BCUT2D eigenvalue weighted by molar-refractivity contribution is 6.13. The van der Waals surface area contributed by atoms with Crippen molar-refractivity contribution in [2.24, 2.45) is 11.6 Å². The normalized spacial score (nSPS) is 12.7. The third-order valence-electron chi connectivity index (χ3n) is 5.30. The Bertz CT molecular complexity index is 1420. The molecule has 1 aliphatic rings. The fraction of sp³-hybridized carbons (Fsp3) is 0.0417. The van der Waals surface area contributed by atoms with E-state index in [1.165, 1.54) is 9.58 Å². The second-order valence-electron chi connectivity index (χ2n) is 7.40. The van der Waals surface area contributed by atoms with Crippen molar-refractivity contribution in [3.8, 4) is 5.69 Å². The van der Waals surface area contributed by atoms with Crippen LogP contribution in [-0.2, 0) is 6.54 Å². The van der Waals surface area contributed by atoms with E-state index < -0.39 is 0 Å². The Hall–Kier alpha value is -4.23. The minimum atomic E-state index is -0.275. The third-order valence-corrected chi connectivity index (χ3v) is 5.30. The summed E-state index contributed by atoms with van der Waals surface area (Å²) < 4.78 is 1.39. The number of nitrogens with zero attached hydrogens (tertiary/aromatic N) is 3. The molecule has 5 rings (SSSR count). The van der Waals surface area contributed by atoms with E-state index in [9.17, 15) is 9.59 Å². The molecule has 152 valence electrons. The molecule has 1 aliphatic heterocycles. The molecule has 4 N–H and O–H groups in total. The van der Waals surface area contributed by atoms with Gasteiger partial charge in [0.15, 0.2) is 5.82 Å². The number of hydrogen-bond donors (Lipinski definition) is 2.